The quantitative estimate of drug-likeness (QED) is 0.319. The number of quaternary nitrogens is 2. The van der Waals surface area contributed by atoms with Crippen LogP contribution in [0.4, 0.5) is 0 Å². The Kier molecular flexibility index (Phi) is 13.1. The monoisotopic (exact) mass is 332 g/mol. The molecule has 0 saturated carbocycles. The minimum atomic E-state index is 0.888. The molecule has 0 rings (SSSR count). The summed E-state index contributed by atoms with van der Waals surface area (Å²) < 4.78 is 13.8. The number of hydrogen-bond donors (Lipinski definition) is 0. The molecule has 0 spiro atoms. The first-order valence-electron chi connectivity index (χ1n) is 9.77. The lowest BCUT2D eigenvalue weighted by atomic mass is 10.2. The molecule has 0 fully saturated rings. The van der Waals surface area contributed by atoms with E-state index < -0.39 is 0 Å². The molecule has 0 aliphatic carbocycles. The van der Waals surface area contributed by atoms with Gasteiger partial charge < -0.3 is 18.4 Å². The second-order valence-electron chi connectivity index (χ2n) is 7.24. The van der Waals surface area contributed by atoms with E-state index in [1.807, 2.05) is 0 Å². The van der Waals surface area contributed by atoms with Crippen molar-refractivity contribution in [3.05, 3.63) is 0 Å². The van der Waals surface area contributed by atoms with E-state index in [9.17, 15) is 0 Å². The smallest absolute Gasteiger partial charge is 0.102 e. The van der Waals surface area contributed by atoms with Crippen LogP contribution in [0.3, 0.4) is 0 Å². The van der Waals surface area contributed by atoms with Gasteiger partial charge in [-0.1, -0.05) is 0 Å². The summed E-state index contributed by atoms with van der Waals surface area (Å²) in [6.45, 7) is 19.6. The fourth-order valence-corrected chi connectivity index (χ4v) is 2.44. The maximum atomic E-state index is 5.78. The molecule has 0 amide bonds. The number of hydrogen-bond acceptors (Lipinski definition) is 2. The summed E-state index contributed by atoms with van der Waals surface area (Å²) in [5.41, 5.74) is 0. The number of rotatable bonds is 16. The summed E-state index contributed by atoms with van der Waals surface area (Å²) in [5.74, 6) is 0. The highest BCUT2D eigenvalue weighted by Crippen LogP contribution is 2.03. The van der Waals surface area contributed by atoms with E-state index in [0.29, 0.717) is 0 Å². The summed E-state index contributed by atoms with van der Waals surface area (Å²) in [6.07, 6.45) is 3.52. The van der Waals surface area contributed by atoms with Gasteiger partial charge in [-0.2, -0.15) is 0 Å². The van der Waals surface area contributed by atoms with E-state index in [1.165, 1.54) is 32.6 Å². The molecule has 0 bridgehead atoms. The van der Waals surface area contributed by atoms with Gasteiger partial charge in [0.25, 0.3) is 0 Å². The second kappa shape index (κ2) is 13.2. The van der Waals surface area contributed by atoms with Gasteiger partial charge in [-0.25, -0.2) is 0 Å². The van der Waals surface area contributed by atoms with Crippen molar-refractivity contribution < 1.29 is 18.4 Å². The Morgan fingerprint density at radius 1 is 0.522 bits per heavy atom. The third-order valence-corrected chi connectivity index (χ3v) is 5.68. The van der Waals surface area contributed by atoms with Crippen molar-refractivity contribution in [3.63, 3.8) is 0 Å². The normalized spacial score (nSPS) is 12.8. The first kappa shape index (κ1) is 22.8. The molecule has 0 atom stereocenters. The molecule has 0 aromatic rings. The average Bonchev–Trinajstić information content (AvgIpc) is 2.59. The molecule has 0 heterocycles. The zero-order valence-electron chi connectivity index (χ0n) is 16.9. The van der Waals surface area contributed by atoms with Crippen LogP contribution in [0.15, 0.2) is 0 Å². The van der Waals surface area contributed by atoms with Crippen molar-refractivity contribution in [1.29, 1.82) is 0 Å². The Morgan fingerprint density at radius 2 is 0.870 bits per heavy atom. The maximum Gasteiger partial charge on any atom is 0.102 e. The molecule has 0 aliphatic heterocycles. The molecule has 0 aromatic heterocycles. The molecule has 4 heteroatoms. The van der Waals surface area contributed by atoms with Crippen LogP contribution in [0.2, 0.25) is 0 Å². The first-order chi connectivity index (χ1) is 10.9. The lowest BCUT2D eigenvalue weighted by molar-refractivity contribution is -0.906. The van der Waals surface area contributed by atoms with Crippen molar-refractivity contribution in [3.8, 4) is 0 Å². The summed E-state index contributed by atoms with van der Waals surface area (Å²) in [7, 11) is 4.61. The molecule has 4 nitrogen and oxygen atoms in total. The van der Waals surface area contributed by atoms with Crippen molar-refractivity contribution >= 4 is 0 Å². The molecule has 0 saturated heterocycles. The van der Waals surface area contributed by atoms with Gasteiger partial charge in [0.1, 0.15) is 13.1 Å². The van der Waals surface area contributed by atoms with Crippen molar-refractivity contribution in [2.24, 2.45) is 0 Å². The van der Waals surface area contributed by atoms with E-state index in [4.69, 9.17) is 9.47 Å². The van der Waals surface area contributed by atoms with Crippen molar-refractivity contribution in [2.45, 2.75) is 47.0 Å². The number of unbranched alkanes of at least 4 members (excludes halogenated alkanes) is 2. The molecular formula is C19H44N2O2+2. The van der Waals surface area contributed by atoms with Crippen LogP contribution in [0, 0.1) is 0 Å². The van der Waals surface area contributed by atoms with Gasteiger partial charge in [-0.15, -0.1) is 0 Å². The van der Waals surface area contributed by atoms with Gasteiger partial charge in [-0.05, 0) is 47.0 Å². The molecule has 0 unspecified atom stereocenters. The van der Waals surface area contributed by atoms with E-state index in [-0.39, 0.29) is 0 Å². The Labute approximate surface area is 145 Å². The van der Waals surface area contributed by atoms with Gasteiger partial charge in [0, 0.05) is 13.2 Å². The topological polar surface area (TPSA) is 18.5 Å². The Morgan fingerprint density at radius 3 is 1.17 bits per heavy atom. The van der Waals surface area contributed by atoms with E-state index >= 15 is 0 Å². The third kappa shape index (κ3) is 11.1. The molecule has 140 valence electrons. The van der Waals surface area contributed by atoms with Crippen molar-refractivity contribution in [2.75, 3.05) is 79.8 Å². The van der Waals surface area contributed by atoms with Gasteiger partial charge in [0.2, 0.25) is 0 Å². The minimum absolute atomic E-state index is 0.888. The number of nitrogens with zero attached hydrogens (tertiary/aromatic N) is 2. The standard InChI is InChI=1S/C19H44N2O2/c1-7-20(5,8-2)14-18-22-16-12-11-13-17-23-19-15-21(6,9-3)10-4/h7-19H2,1-6H3/q+2. The van der Waals surface area contributed by atoms with E-state index in [1.54, 1.807) is 0 Å². The molecule has 0 aromatic carbocycles. The minimum Gasteiger partial charge on any atom is -0.376 e. The molecular weight excluding hydrogens is 288 g/mol. The highest BCUT2D eigenvalue weighted by atomic mass is 16.5. The lowest BCUT2D eigenvalue weighted by Gasteiger charge is -2.31. The van der Waals surface area contributed by atoms with Crippen LogP contribution >= 0.6 is 0 Å². The molecule has 0 aliphatic rings. The predicted octanol–water partition coefficient (Wildman–Crippen LogP) is 3.16. The van der Waals surface area contributed by atoms with Crippen LogP contribution < -0.4 is 0 Å². The largest absolute Gasteiger partial charge is 0.376 e. The van der Waals surface area contributed by atoms with Crippen LogP contribution in [0.1, 0.15) is 47.0 Å². The molecule has 0 N–H and O–H groups in total. The number of likely N-dealkylation sites (N-methyl/N-ethyl adjacent to an activating group) is 2. The first-order valence-corrected chi connectivity index (χ1v) is 9.77. The molecule has 0 radical (unpaired) electrons. The molecule has 23 heavy (non-hydrogen) atoms. The lowest BCUT2D eigenvalue weighted by Crippen LogP contribution is -2.45. The summed E-state index contributed by atoms with van der Waals surface area (Å²) in [6, 6.07) is 0. The zero-order chi connectivity index (χ0) is 17.6. The Bertz CT molecular complexity index is 238. The second-order valence-corrected chi connectivity index (χ2v) is 7.24. The van der Waals surface area contributed by atoms with E-state index in [2.05, 4.69) is 41.8 Å². The summed E-state index contributed by atoms with van der Waals surface area (Å²) >= 11 is 0. The Balaban J connectivity index is 3.38. The highest BCUT2D eigenvalue weighted by Gasteiger charge is 2.16. The Hall–Kier alpha value is -0.160. The average molecular weight is 333 g/mol. The van der Waals surface area contributed by atoms with Gasteiger partial charge >= 0.3 is 0 Å². The highest BCUT2D eigenvalue weighted by molar-refractivity contribution is 4.43. The third-order valence-electron chi connectivity index (χ3n) is 5.68. The van der Waals surface area contributed by atoms with Crippen molar-refractivity contribution in [1.82, 2.24) is 0 Å². The zero-order valence-corrected chi connectivity index (χ0v) is 16.9. The SMILES string of the molecule is CC[N+](C)(CC)CCOCCCCCOCC[N+](C)(CC)CC. The fourth-order valence-electron chi connectivity index (χ4n) is 2.44. The maximum absolute atomic E-state index is 5.78. The van der Waals surface area contributed by atoms with Gasteiger partial charge in [0.05, 0.1) is 53.5 Å². The van der Waals surface area contributed by atoms with Gasteiger partial charge in [-0.3, -0.25) is 0 Å². The van der Waals surface area contributed by atoms with Crippen LogP contribution in [0.25, 0.3) is 0 Å². The van der Waals surface area contributed by atoms with Gasteiger partial charge in [0.15, 0.2) is 0 Å². The summed E-state index contributed by atoms with van der Waals surface area (Å²) in [4.78, 5) is 0. The van der Waals surface area contributed by atoms with E-state index in [0.717, 1.165) is 61.3 Å². The van der Waals surface area contributed by atoms with Crippen LogP contribution in [-0.4, -0.2) is 88.8 Å². The summed E-state index contributed by atoms with van der Waals surface area (Å²) in [5, 5.41) is 0. The fraction of sp³-hybridized carbons (Fsp3) is 1.00. The van der Waals surface area contributed by atoms with Crippen LogP contribution in [-0.2, 0) is 9.47 Å². The number of ether oxygens (including phenoxy) is 2. The predicted molar refractivity (Wildman–Crippen MR) is 99.8 cm³/mol. The van der Waals surface area contributed by atoms with Crippen LogP contribution in [0.5, 0.6) is 0 Å².